The molecule has 1 unspecified atom stereocenters. The molecule has 3 nitrogen and oxygen atoms in total. The van der Waals surface area contributed by atoms with Gasteiger partial charge in [0.15, 0.2) is 5.78 Å². The minimum atomic E-state index is 0.233. The number of hydrogen-bond donors (Lipinski definition) is 0. The van der Waals surface area contributed by atoms with Gasteiger partial charge >= 0.3 is 0 Å². The summed E-state index contributed by atoms with van der Waals surface area (Å²) in [5.41, 5.74) is 0.818. The Morgan fingerprint density at radius 1 is 1.21 bits per heavy atom. The van der Waals surface area contributed by atoms with Crippen LogP contribution < -0.4 is 0 Å². The van der Waals surface area contributed by atoms with Crippen LogP contribution in [0.3, 0.4) is 0 Å². The zero-order valence-corrected chi connectivity index (χ0v) is 12.6. The molecule has 0 aliphatic rings. The second-order valence-electron chi connectivity index (χ2n) is 5.28. The summed E-state index contributed by atoms with van der Waals surface area (Å²) < 4.78 is 0. The molecule has 0 spiro atoms. The molecule has 0 aromatic heterocycles. The minimum Gasteiger partial charge on any atom is -0.308 e. The van der Waals surface area contributed by atoms with Crippen molar-refractivity contribution in [3.05, 3.63) is 35.9 Å². The van der Waals surface area contributed by atoms with E-state index in [1.54, 1.807) is 0 Å². The van der Waals surface area contributed by atoms with Gasteiger partial charge in [0.1, 0.15) is 0 Å². The second kappa shape index (κ2) is 8.08. The minimum absolute atomic E-state index is 0.233. The lowest BCUT2D eigenvalue weighted by atomic mass is 10.1. The SMILES string of the molecule is CCN(CCC(=O)c1ccccc1)C(C)CN(C)C. The molecule has 1 aromatic carbocycles. The molecule has 3 heteroatoms. The summed E-state index contributed by atoms with van der Waals surface area (Å²) in [6, 6.07) is 10.0. The molecule has 0 N–H and O–H groups in total. The third kappa shape index (κ3) is 5.53. The zero-order chi connectivity index (χ0) is 14.3. The first-order valence-electron chi connectivity index (χ1n) is 7.01. The molecular formula is C16H26N2O. The number of hydrogen-bond acceptors (Lipinski definition) is 3. The Balaban J connectivity index is 2.47. The largest absolute Gasteiger partial charge is 0.308 e. The number of rotatable bonds is 8. The molecule has 0 aliphatic carbocycles. The van der Waals surface area contributed by atoms with Gasteiger partial charge in [-0.25, -0.2) is 0 Å². The van der Waals surface area contributed by atoms with Crippen LogP contribution >= 0.6 is 0 Å². The van der Waals surface area contributed by atoms with E-state index in [0.29, 0.717) is 12.5 Å². The van der Waals surface area contributed by atoms with Crippen LogP contribution in [-0.2, 0) is 0 Å². The summed E-state index contributed by atoms with van der Waals surface area (Å²) in [5.74, 6) is 0.233. The molecule has 0 amide bonds. The highest BCUT2D eigenvalue weighted by atomic mass is 16.1. The van der Waals surface area contributed by atoms with Gasteiger partial charge in [0.05, 0.1) is 0 Å². The van der Waals surface area contributed by atoms with Crippen molar-refractivity contribution in [1.29, 1.82) is 0 Å². The van der Waals surface area contributed by atoms with Crippen molar-refractivity contribution < 1.29 is 4.79 Å². The summed E-state index contributed by atoms with van der Waals surface area (Å²) in [6.45, 7) is 7.21. The number of benzene rings is 1. The summed E-state index contributed by atoms with van der Waals surface area (Å²) in [5, 5.41) is 0. The van der Waals surface area contributed by atoms with Gasteiger partial charge in [-0.3, -0.25) is 9.69 Å². The van der Waals surface area contributed by atoms with Gasteiger partial charge in [-0.1, -0.05) is 37.3 Å². The average molecular weight is 262 g/mol. The standard InChI is InChI=1S/C16H26N2O/c1-5-18(14(2)13-17(3)4)12-11-16(19)15-9-7-6-8-10-15/h6-10,14H,5,11-13H2,1-4H3. The normalized spacial score (nSPS) is 12.9. The number of carbonyl (C=O) groups is 1. The van der Waals surface area contributed by atoms with E-state index < -0.39 is 0 Å². The van der Waals surface area contributed by atoms with E-state index in [1.807, 2.05) is 30.3 Å². The van der Waals surface area contributed by atoms with Crippen molar-refractivity contribution >= 4 is 5.78 Å². The quantitative estimate of drug-likeness (QED) is 0.673. The van der Waals surface area contributed by atoms with Crippen LogP contribution in [0.15, 0.2) is 30.3 Å². The van der Waals surface area contributed by atoms with Crippen LogP contribution in [0.1, 0.15) is 30.6 Å². The van der Waals surface area contributed by atoms with Crippen molar-refractivity contribution in [1.82, 2.24) is 9.80 Å². The Kier molecular flexibility index (Phi) is 6.74. The highest BCUT2D eigenvalue weighted by Gasteiger charge is 2.14. The van der Waals surface area contributed by atoms with Crippen molar-refractivity contribution in [2.75, 3.05) is 33.7 Å². The highest BCUT2D eigenvalue weighted by molar-refractivity contribution is 5.96. The van der Waals surface area contributed by atoms with Crippen LogP contribution in [-0.4, -0.2) is 55.4 Å². The highest BCUT2D eigenvalue weighted by Crippen LogP contribution is 2.06. The summed E-state index contributed by atoms with van der Waals surface area (Å²) in [4.78, 5) is 16.6. The number of nitrogens with zero attached hydrogens (tertiary/aromatic N) is 2. The fourth-order valence-corrected chi connectivity index (χ4v) is 2.35. The summed E-state index contributed by atoms with van der Waals surface area (Å²) in [6.07, 6.45) is 0.593. The average Bonchev–Trinajstić information content (AvgIpc) is 2.39. The number of carbonyl (C=O) groups excluding carboxylic acids is 1. The van der Waals surface area contributed by atoms with Crippen molar-refractivity contribution in [2.45, 2.75) is 26.3 Å². The lowest BCUT2D eigenvalue weighted by molar-refractivity contribution is 0.0949. The van der Waals surface area contributed by atoms with Gasteiger partial charge in [-0.15, -0.1) is 0 Å². The van der Waals surface area contributed by atoms with Gasteiger partial charge in [0, 0.05) is 31.1 Å². The molecule has 1 atom stereocenters. The van der Waals surface area contributed by atoms with E-state index in [2.05, 4.69) is 37.7 Å². The van der Waals surface area contributed by atoms with Crippen LogP contribution in [0.2, 0.25) is 0 Å². The van der Waals surface area contributed by atoms with Gasteiger partial charge in [0.2, 0.25) is 0 Å². The van der Waals surface area contributed by atoms with Crippen LogP contribution in [0.5, 0.6) is 0 Å². The summed E-state index contributed by atoms with van der Waals surface area (Å²) in [7, 11) is 4.17. The Morgan fingerprint density at radius 2 is 1.84 bits per heavy atom. The zero-order valence-electron chi connectivity index (χ0n) is 12.6. The molecule has 19 heavy (non-hydrogen) atoms. The Bertz CT molecular complexity index is 376. The first-order valence-corrected chi connectivity index (χ1v) is 7.01. The number of ketones is 1. The number of likely N-dealkylation sites (N-methyl/N-ethyl adjacent to an activating group) is 2. The van der Waals surface area contributed by atoms with E-state index in [1.165, 1.54) is 0 Å². The third-order valence-electron chi connectivity index (χ3n) is 3.38. The first-order chi connectivity index (χ1) is 9.04. The second-order valence-corrected chi connectivity index (χ2v) is 5.28. The summed E-state index contributed by atoms with van der Waals surface area (Å²) >= 11 is 0. The maximum atomic E-state index is 12.1. The smallest absolute Gasteiger partial charge is 0.164 e. The van der Waals surface area contributed by atoms with E-state index in [4.69, 9.17) is 0 Å². The maximum absolute atomic E-state index is 12.1. The molecular weight excluding hydrogens is 236 g/mol. The third-order valence-corrected chi connectivity index (χ3v) is 3.38. The van der Waals surface area contributed by atoms with E-state index in [0.717, 1.165) is 25.2 Å². The molecule has 0 bridgehead atoms. The Hall–Kier alpha value is -1.19. The van der Waals surface area contributed by atoms with Gasteiger partial charge in [0.25, 0.3) is 0 Å². The molecule has 1 rings (SSSR count). The van der Waals surface area contributed by atoms with Crippen molar-refractivity contribution in [3.8, 4) is 0 Å². The van der Waals surface area contributed by atoms with Crippen molar-refractivity contribution in [3.63, 3.8) is 0 Å². The molecule has 0 saturated heterocycles. The van der Waals surface area contributed by atoms with Gasteiger partial charge in [-0.05, 0) is 27.6 Å². The molecule has 0 heterocycles. The molecule has 0 saturated carbocycles. The fraction of sp³-hybridized carbons (Fsp3) is 0.562. The predicted molar refractivity (Wildman–Crippen MR) is 80.7 cm³/mol. The van der Waals surface area contributed by atoms with E-state index >= 15 is 0 Å². The maximum Gasteiger partial charge on any atom is 0.164 e. The monoisotopic (exact) mass is 262 g/mol. The van der Waals surface area contributed by atoms with Crippen LogP contribution in [0.25, 0.3) is 0 Å². The van der Waals surface area contributed by atoms with E-state index in [9.17, 15) is 4.79 Å². The van der Waals surface area contributed by atoms with E-state index in [-0.39, 0.29) is 5.78 Å². The molecule has 0 aliphatic heterocycles. The lowest BCUT2D eigenvalue weighted by Crippen LogP contribution is -2.41. The first kappa shape index (κ1) is 15.9. The predicted octanol–water partition coefficient (Wildman–Crippen LogP) is 2.53. The van der Waals surface area contributed by atoms with Gasteiger partial charge < -0.3 is 4.90 Å². The number of Topliss-reactive ketones (excluding diaryl/α,β-unsaturated/α-hetero) is 1. The van der Waals surface area contributed by atoms with Crippen molar-refractivity contribution in [2.24, 2.45) is 0 Å². The Labute approximate surface area is 117 Å². The fourth-order valence-electron chi connectivity index (χ4n) is 2.35. The molecule has 0 radical (unpaired) electrons. The molecule has 106 valence electrons. The Morgan fingerprint density at radius 3 is 2.37 bits per heavy atom. The topological polar surface area (TPSA) is 23.6 Å². The van der Waals surface area contributed by atoms with Crippen LogP contribution in [0.4, 0.5) is 0 Å². The molecule has 1 aromatic rings. The van der Waals surface area contributed by atoms with Crippen LogP contribution in [0, 0.1) is 0 Å². The lowest BCUT2D eigenvalue weighted by Gasteiger charge is -2.29. The van der Waals surface area contributed by atoms with Gasteiger partial charge in [-0.2, -0.15) is 0 Å². The molecule has 0 fully saturated rings.